The van der Waals surface area contributed by atoms with Crippen LogP contribution in [0, 0.1) is 11.8 Å². The molecule has 0 aliphatic heterocycles. The fourth-order valence-electron chi connectivity index (χ4n) is 7.42. The smallest absolute Gasteiger partial charge is 0.413 e. The Kier molecular flexibility index (Phi) is 11.4. The fraction of sp³-hybridized carbons (Fsp3) is 0.444. The molecule has 3 aliphatic rings. The molecular weight excluding hydrogens is 726 g/mol. The number of likely N-dealkylation sites (N-methyl/N-ethyl adjacent to an activating group) is 1. The third-order valence-corrected chi connectivity index (χ3v) is 10.8. The van der Waals surface area contributed by atoms with Crippen molar-refractivity contribution in [3.05, 3.63) is 56.5 Å². The van der Waals surface area contributed by atoms with E-state index in [1.807, 2.05) is 6.92 Å². The van der Waals surface area contributed by atoms with Gasteiger partial charge in [0.25, 0.3) is 5.91 Å². The molecule has 3 amide bonds. The Morgan fingerprint density at radius 1 is 1.09 bits per heavy atom. The molecule has 54 heavy (non-hydrogen) atoms. The third-order valence-electron chi connectivity index (χ3n) is 9.92. The second-order valence-corrected chi connectivity index (χ2v) is 14.7. The molecular formula is C36H43N5O12S. The molecule has 17 nitrogen and oxygen atoms in total. The number of fused-ring (bicyclic) bond motifs is 3. The molecule has 1 saturated carbocycles. The summed E-state index contributed by atoms with van der Waals surface area (Å²) in [6, 6.07) is 3.45. The van der Waals surface area contributed by atoms with Crippen molar-refractivity contribution in [1.82, 2.24) is 9.80 Å². The number of benzene rings is 1. The van der Waals surface area contributed by atoms with Gasteiger partial charge in [0.2, 0.25) is 18.5 Å². The number of nitrogens with zero attached hydrogens (tertiary/aromatic N) is 3. The molecule has 1 aromatic carbocycles. The van der Waals surface area contributed by atoms with Gasteiger partial charge in [-0.05, 0) is 62.4 Å². The van der Waals surface area contributed by atoms with E-state index >= 15 is 0 Å². The standard InChI is InChI=1S/C36H43N5O12S/c1-6-7-10-41(35(50)53-16-52-34(49)22-9-8-11-54-22)15-23(42)38-20-14-21(39(2)3)18-12-17-13-19-27(40(4)5)30(45)26(33(37)48)32(47)36(19,51)31(46)24(17)29(44)25(18)28(20)43/h8-9,11,14,17,19,27,43-44,47,51H,6-7,10,12-13,15-16H2,1-5H3,(H2,37,48)(H,38,42)/t17?,19?,27-,36-/m0/s1. The molecule has 4 atom stereocenters. The average Bonchev–Trinajstić information content (AvgIpc) is 3.64. The summed E-state index contributed by atoms with van der Waals surface area (Å²) in [5.41, 5.74) is 1.75. The second kappa shape index (κ2) is 15.5. The van der Waals surface area contributed by atoms with Crippen LogP contribution >= 0.6 is 11.3 Å². The van der Waals surface area contributed by atoms with Crippen LogP contribution < -0.4 is 16.0 Å². The van der Waals surface area contributed by atoms with E-state index in [1.54, 1.807) is 36.5 Å². The van der Waals surface area contributed by atoms with Gasteiger partial charge in [-0.3, -0.25) is 29.0 Å². The number of carbonyl (C=O) groups is 6. The Bertz CT molecular complexity index is 1960. The van der Waals surface area contributed by atoms with E-state index in [9.17, 15) is 49.2 Å². The Hall–Kier alpha value is -5.46. The van der Waals surface area contributed by atoms with Crippen LogP contribution in [0.2, 0.25) is 0 Å². The zero-order valence-corrected chi connectivity index (χ0v) is 31.2. The molecule has 3 aliphatic carbocycles. The van der Waals surface area contributed by atoms with E-state index in [-0.39, 0.29) is 36.2 Å². The number of nitrogens with two attached hydrogens (primary N) is 1. The number of primary amides is 1. The van der Waals surface area contributed by atoms with Crippen molar-refractivity contribution in [2.45, 2.75) is 44.2 Å². The number of ether oxygens (including phenoxy) is 2. The summed E-state index contributed by atoms with van der Waals surface area (Å²) in [4.78, 5) is 82.8. The van der Waals surface area contributed by atoms with Crippen molar-refractivity contribution in [3.63, 3.8) is 0 Å². The van der Waals surface area contributed by atoms with Gasteiger partial charge in [0.05, 0.1) is 17.3 Å². The lowest BCUT2D eigenvalue weighted by Crippen LogP contribution is -2.65. The van der Waals surface area contributed by atoms with Gasteiger partial charge >= 0.3 is 12.1 Å². The number of Topliss-reactive ketones (excluding diaryl/α,β-unsaturated/α-hetero) is 2. The van der Waals surface area contributed by atoms with Gasteiger partial charge < -0.3 is 45.9 Å². The maximum atomic E-state index is 14.2. The predicted molar refractivity (Wildman–Crippen MR) is 195 cm³/mol. The number of phenols is 1. The lowest BCUT2D eigenvalue weighted by molar-refractivity contribution is -0.153. The van der Waals surface area contributed by atoms with E-state index in [2.05, 4.69) is 5.32 Å². The topological polar surface area (TPSA) is 250 Å². The SMILES string of the molecule is CCCCN(CC(=O)Nc1cc(N(C)C)c2c(c1O)C(O)=C1C(=O)[C@]3(O)C(O)=C(C(N)=O)C(=O)[C@@H](N(C)C)C3CC1C2)C(=O)OCOC(=O)c1cccs1. The average molecular weight is 770 g/mol. The molecule has 0 saturated heterocycles. The zero-order valence-electron chi connectivity index (χ0n) is 30.4. The van der Waals surface area contributed by atoms with Crippen LogP contribution in [-0.4, -0.2) is 125 Å². The van der Waals surface area contributed by atoms with Gasteiger partial charge in [-0.2, -0.15) is 0 Å². The van der Waals surface area contributed by atoms with Crippen molar-refractivity contribution in [2.24, 2.45) is 17.6 Å². The highest BCUT2D eigenvalue weighted by atomic mass is 32.1. The van der Waals surface area contributed by atoms with Gasteiger partial charge in [-0.15, -0.1) is 11.3 Å². The summed E-state index contributed by atoms with van der Waals surface area (Å²) in [5.74, 6) is -9.40. The van der Waals surface area contributed by atoms with E-state index in [1.165, 1.54) is 25.1 Å². The predicted octanol–water partition coefficient (Wildman–Crippen LogP) is 2.08. The lowest BCUT2D eigenvalue weighted by Gasteiger charge is -2.50. The number of rotatable bonds is 12. The van der Waals surface area contributed by atoms with Crippen LogP contribution in [0.5, 0.6) is 5.75 Å². The quantitative estimate of drug-likeness (QED) is 0.0783. The number of nitrogens with one attached hydrogen (secondary N) is 1. The van der Waals surface area contributed by atoms with Crippen LogP contribution in [-0.2, 0) is 35.1 Å². The zero-order chi connectivity index (χ0) is 39.8. The van der Waals surface area contributed by atoms with Gasteiger partial charge in [0.15, 0.2) is 11.4 Å². The second-order valence-electron chi connectivity index (χ2n) is 13.8. The molecule has 0 radical (unpaired) electrons. The van der Waals surface area contributed by atoms with Crippen LogP contribution in [0.25, 0.3) is 5.76 Å². The Labute approximate surface area is 314 Å². The minimum Gasteiger partial charge on any atom is -0.508 e. The highest BCUT2D eigenvalue weighted by Gasteiger charge is 2.64. The summed E-state index contributed by atoms with van der Waals surface area (Å²) in [6.07, 6.45) is 0.195. The third kappa shape index (κ3) is 6.99. The molecule has 290 valence electrons. The molecule has 1 heterocycles. The molecule has 0 bridgehead atoms. The lowest BCUT2D eigenvalue weighted by atomic mass is 9.57. The number of unbranched alkanes of at least 4 members (excludes halogenated alkanes) is 1. The summed E-state index contributed by atoms with van der Waals surface area (Å²) in [5, 5.41) is 50.6. The number of aliphatic hydroxyl groups is 3. The molecule has 18 heteroatoms. The number of amides is 3. The first kappa shape index (κ1) is 39.7. The Balaban J connectivity index is 1.46. The van der Waals surface area contributed by atoms with Gasteiger partial charge in [0, 0.05) is 37.8 Å². The van der Waals surface area contributed by atoms with Crippen molar-refractivity contribution in [3.8, 4) is 5.75 Å². The molecule has 2 aromatic rings. The largest absolute Gasteiger partial charge is 0.508 e. The molecule has 2 unspecified atom stereocenters. The minimum atomic E-state index is -2.81. The maximum absolute atomic E-state index is 14.2. The number of esters is 1. The van der Waals surface area contributed by atoms with Crippen molar-refractivity contribution in [1.29, 1.82) is 0 Å². The number of ketones is 2. The molecule has 7 N–H and O–H groups in total. The normalized spacial score (nSPS) is 21.9. The number of aromatic hydroxyl groups is 1. The van der Waals surface area contributed by atoms with Crippen molar-refractivity contribution >= 4 is 63.9 Å². The number of hydrogen-bond acceptors (Lipinski definition) is 15. The van der Waals surface area contributed by atoms with Crippen molar-refractivity contribution < 1.29 is 58.7 Å². The summed E-state index contributed by atoms with van der Waals surface area (Å²) < 4.78 is 10.1. The van der Waals surface area contributed by atoms with E-state index < -0.39 is 95.1 Å². The maximum Gasteiger partial charge on any atom is 0.413 e. The summed E-state index contributed by atoms with van der Waals surface area (Å²) in [6.45, 7) is 0.766. The first-order valence-electron chi connectivity index (χ1n) is 17.1. The highest BCUT2D eigenvalue weighted by molar-refractivity contribution is 7.11. The number of aliphatic hydroxyl groups excluding tert-OH is 2. The van der Waals surface area contributed by atoms with Crippen molar-refractivity contribution in [2.75, 3.05) is 58.3 Å². The van der Waals surface area contributed by atoms with Crippen LogP contribution in [0.1, 0.15) is 47.0 Å². The monoisotopic (exact) mass is 769 g/mol. The first-order valence-corrected chi connectivity index (χ1v) is 18.0. The van der Waals surface area contributed by atoms with E-state index in [0.717, 1.165) is 16.2 Å². The highest BCUT2D eigenvalue weighted by Crippen LogP contribution is 2.54. The number of thiophene rings is 1. The van der Waals surface area contributed by atoms with Crippen LogP contribution in [0.4, 0.5) is 16.2 Å². The first-order chi connectivity index (χ1) is 25.4. The molecule has 5 rings (SSSR count). The minimum absolute atomic E-state index is 0.0392. The van der Waals surface area contributed by atoms with E-state index in [4.69, 9.17) is 15.2 Å². The summed E-state index contributed by atoms with van der Waals surface area (Å²) >= 11 is 1.15. The van der Waals surface area contributed by atoms with Crippen LogP contribution in [0.3, 0.4) is 0 Å². The fourth-order valence-corrected chi connectivity index (χ4v) is 8.04. The number of phenolic OH excluding ortho intramolecular Hbond substituents is 1. The van der Waals surface area contributed by atoms with Gasteiger partial charge in [0.1, 0.15) is 34.3 Å². The van der Waals surface area contributed by atoms with Gasteiger partial charge in [-0.1, -0.05) is 19.4 Å². The molecule has 1 fully saturated rings. The van der Waals surface area contributed by atoms with Crippen LogP contribution in [0.15, 0.2) is 40.5 Å². The van der Waals surface area contributed by atoms with E-state index in [0.29, 0.717) is 29.0 Å². The number of carbonyl (C=O) groups excluding carboxylic acids is 6. The molecule has 0 spiro atoms. The molecule has 1 aromatic heterocycles. The Morgan fingerprint density at radius 2 is 1.80 bits per heavy atom. The summed E-state index contributed by atoms with van der Waals surface area (Å²) in [7, 11) is 6.40. The van der Waals surface area contributed by atoms with Gasteiger partial charge in [-0.25, -0.2) is 9.59 Å². The Morgan fingerprint density at radius 3 is 2.39 bits per heavy atom. The number of anilines is 2. The number of hydrogen-bond donors (Lipinski definition) is 6.